The van der Waals surface area contributed by atoms with E-state index in [0.29, 0.717) is 10.7 Å². The molecule has 0 aliphatic heterocycles. The lowest BCUT2D eigenvalue weighted by atomic mass is 10.1. The molecule has 3 nitrogen and oxygen atoms in total. The molecule has 2 atom stereocenters. The predicted octanol–water partition coefficient (Wildman–Crippen LogP) is 2.69. The van der Waals surface area contributed by atoms with Crippen LogP contribution in [0.3, 0.4) is 0 Å². The number of carbonyl (C=O) groups is 1. The van der Waals surface area contributed by atoms with Gasteiger partial charge in [-0.2, -0.15) is 0 Å². The van der Waals surface area contributed by atoms with Crippen molar-refractivity contribution < 1.29 is 14.1 Å². The van der Waals surface area contributed by atoms with Gasteiger partial charge in [0.25, 0.3) is 5.91 Å². The summed E-state index contributed by atoms with van der Waals surface area (Å²) in [6, 6.07) is 13.5. The van der Waals surface area contributed by atoms with Crippen molar-refractivity contribution in [3.63, 3.8) is 0 Å². The van der Waals surface area contributed by atoms with Crippen LogP contribution >= 0.6 is 11.6 Å². The molecule has 0 fully saturated rings. The SMILES string of the molecule is C[C@@H](c1ccccc1Cl)[NH+](C)CC(=O)Nc1cccc(F)c1. The molecule has 2 aromatic rings. The third-order valence-electron chi connectivity index (χ3n) is 3.66. The van der Waals surface area contributed by atoms with Crippen LogP contribution in [0.2, 0.25) is 5.02 Å². The lowest BCUT2D eigenvalue weighted by Crippen LogP contribution is -3.10. The minimum atomic E-state index is -0.372. The minimum absolute atomic E-state index is 0.0759. The predicted molar refractivity (Wildman–Crippen MR) is 86.7 cm³/mol. The highest BCUT2D eigenvalue weighted by Crippen LogP contribution is 2.20. The average molecular weight is 322 g/mol. The molecule has 2 aromatic carbocycles. The second-order valence-corrected chi connectivity index (χ2v) is 5.73. The van der Waals surface area contributed by atoms with E-state index in [1.807, 2.05) is 38.2 Å². The molecule has 0 aliphatic rings. The largest absolute Gasteiger partial charge is 0.324 e. The van der Waals surface area contributed by atoms with Gasteiger partial charge in [0, 0.05) is 16.3 Å². The second kappa shape index (κ2) is 7.38. The van der Waals surface area contributed by atoms with Crippen molar-refractivity contribution in [2.24, 2.45) is 0 Å². The van der Waals surface area contributed by atoms with Gasteiger partial charge in [-0.15, -0.1) is 0 Å². The monoisotopic (exact) mass is 321 g/mol. The van der Waals surface area contributed by atoms with Crippen LogP contribution in [-0.4, -0.2) is 19.5 Å². The summed E-state index contributed by atoms with van der Waals surface area (Å²) in [5, 5.41) is 3.40. The molecule has 116 valence electrons. The maximum absolute atomic E-state index is 13.1. The van der Waals surface area contributed by atoms with E-state index in [1.165, 1.54) is 12.1 Å². The van der Waals surface area contributed by atoms with Gasteiger partial charge in [-0.05, 0) is 31.2 Å². The summed E-state index contributed by atoms with van der Waals surface area (Å²) < 4.78 is 13.1. The Bertz CT molecular complexity index is 663. The van der Waals surface area contributed by atoms with Gasteiger partial charge in [0.05, 0.1) is 7.05 Å². The quantitative estimate of drug-likeness (QED) is 0.872. The number of rotatable bonds is 5. The van der Waals surface area contributed by atoms with Crippen molar-refractivity contribution in [2.75, 3.05) is 18.9 Å². The van der Waals surface area contributed by atoms with Crippen LogP contribution in [0.4, 0.5) is 10.1 Å². The highest BCUT2D eigenvalue weighted by molar-refractivity contribution is 6.31. The minimum Gasteiger partial charge on any atom is -0.324 e. The molecule has 1 unspecified atom stereocenters. The van der Waals surface area contributed by atoms with Gasteiger partial charge in [0.15, 0.2) is 6.54 Å². The van der Waals surface area contributed by atoms with Gasteiger partial charge in [0.1, 0.15) is 11.9 Å². The normalized spacial score (nSPS) is 13.5. The zero-order valence-electron chi connectivity index (χ0n) is 12.6. The molecule has 0 heterocycles. The smallest absolute Gasteiger partial charge is 0.279 e. The average Bonchev–Trinajstić information content (AvgIpc) is 2.46. The van der Waals surface area contributed by atoms with Gasteiger partial charge in [-0.25, -0.2) is 4.39 Å². The number of amides is 1. The lowest BCUT2D eigenvalue weighted by molar-refractivity contribution is -0.902. The zero-order chi connectivity index (χ0) is 16.1. The van der Waals surface area contributed by atoms with Crippen LogP contribution in [-0.2, 0) is 4.79 Å². The second-order valence-electron chi connectivity index (χ2n) is 5.32. The molecule has 0 spiro atoms. The number of carbonyl (C=O) groups excluding carboxylic acids is 1. The molecule has 2 N–H and O–H groups in total. The molecule has 0 aromatic heterocycles. The maximum Gasteiger partial charge on any atom is 0.279 e. The first-order valence-corrected chi connectivity index (χ1v) is 7.47. The van der Waals surface area contributed by atoms with Crippen LogP contribution < -0.4 is 10.2 Å². The van der Waals surface area contributed by atoms with E-state index >= 15 is 0 Å². The van der Waals surface area contributed by atoms with E-state index in [4.69, 9.17) is 11.6 Å². The maximum atomic E-state index is 13.1. The fourth-order valence-corrected chi connectivity index (χ4v) is 2.57. The van der Waals surface area contributed by atoms with E-state index < -0.39 is 0 Å². The van der Waals surface area contributed by atoms with Crippen molar-refractivity contribution in [1.29, 1.82) is 0 Å². The Labute approximate surface area is 134 Å². The number of hydrogen-bond donors (Lipinski definition) is 2. The summed E-state index contributed by atoms with van der Waals surface area (Å²) in [6.07, 6.45) is 0. The lowest BCUT2D eigenvalue weighted by Gasteiger charge is -2.22. The Balaban J connectivity index is 1.98. The summed E-state index contributed by atoms with van der Waals surface area (Å²) in [4.78, 5) is 13.1. The molecule has 0 aliphatic carbocycles. The molecule has 0 saturated heterocycles. The third kappa shape index (κ3) is 4.29. The summed E-state index contributed by atoms with van der Waals surface area (Å²) in [5.41, 5.74) is 1.46. The van der Waals surface area contributed by atoms with Crippen molar-refractivity contribution in [3.05, 3.63) is 64.9 Å². The van der Waals surface area contributed by atoms with Gasteiger partial charge >= 0.3 is 0 Å². The van der Waals surface area contributed by atoms with E-state index in [1.54, 1.807) is 12.1 Å². The van der Waals surface area contributed by atoms with Gasteiger partial charge in [0.2, 0.25) is 0 Å². The number of halogens is 2. The molecular weight excluding hydrogens is 303 g/mol. The Hall–Kier alpha value is -1.91. The molecule has 1 amide bonds. The molecule has 0 saturated carbocycles. The molecule has 0 bridgehead atoms. The zero-order valence-corrected chi connectivity index (χ0v) is 13.3. The summed E-state index contributed by atoms with van der Waals surface area (Å²) in [5.74, 6) is -0.537. The van der Waals surface area contributed by atoms with E-state index in [0.717, 1.165) is 10.5 Å². The van der Waals surface area contributed by atoms with Gasteiger partial charge < -0.3 is 10.2 Å². The fraction of sp³-hybridized carbons (Fsp3) is 0.235. The molecule has 5 heteroatoms. The number of benzene rings is 2. The fourth-order valence-electron chi connectivity index (χ4n) is 2.27. The van der Waals surface area contributed by atoms with Crippen LogP contribution in [0.15, 0.2) is 48.5 Å². The molecule has 2 rings (SSSR count). The topological polar surface area (TPSA) is 33.5 Å². The number of anilines is 1. The van der Waals surface area contributed by atoms with Gasteiger partial charge in [-0.3, -0.25) is 4.79 Å². The molecule has 0 radical (unpaired) electrons. The highest BCUT2D eigenvalue weighted by Gasteiger charge is 2.20. The summed E-state index contributed by atoms with van der Waals surface area (Å²) in [7, 11) is 1.93. The summed E-state index contributed by atoms with van der Waals surface area (Å²) >= 11 is 6.19. The third-order valence-corrected chi connectivity index (χ3v) is 4.00. The van der Waals surface area contributed by atoms with E-state index in [2.05, 4.69) is 5.32 Å². The van der Waals surface area contributed by atoms with Crippen LogP contribution in [0.25, 0.3) is 0 Å². The Kier molecular flexibility index (Phi) is 5.52. The van der Waals surface area contributed by atoms with Gasteiger partial charge in [-0.1, -0.05) is 35.9 Å². The van der Waals surface area contributed by atoms with Crippen molar-refractivity contribution in [1.82, 2.24) is 0 Å². The van der Waals surface area contributed by atoms with Crippen LogP contribution in [0.1, 0.15) is 18.5 Å². The first-order chi connectivity index (χ1) is 10.5. The Morgan fingerprint density at radius 1 is 1.27 bits per heavy atom. The number of likely N-dealkylation sites (N-methyl/N-ethyl adjacent to an activating group) is 1. The van der Waals surface area contributed by atoms with Crippen molar-refractivity contribution in [2.45, 2.75) is 13.0 Å². The van der Waals surface area contributed by atoms with E-state index in [-0.39, 0.29) is 24.3 Å². The Morgan fingerprint density at radius 3 is 2.68 bits per heavy atom. The van der Waals surface area contributed by atoms with Crippen molar-refractivity contribution in [3.8, 4) is 0 Å². The first-order valence-electron chi connectivity index (χ1n) is 7.09. The number of hydrogen-bond acceptors (Lipinski definition) is 1. The van der Waals surface area contributed by atoms with Crippen LogP contribution in [0.5, 0.6) is 0 Å². The summed E-state index contributed by atoms with van der Waals surface area (Å²) in [6.45, 7) is 2.29. The van der Waals surface area contributed by atoms with E-state index in [9.17, 15) is 9.18 Å². The van der Waals surface area contributed by atoms with Crippen LogP contribution in [0, 0.1) is 5.82 Å². The highest BCUT2D eigenvalue weighted by atomic mass is 35.5. The first kappa shape index (κ1) is 16.5. The standard InChI is InChI=1S/C17H18ClFN2O/c1-12(15-8-3-4-9-16(15)18)21(2)11-17(22)20-14-7-5-6-13(19)10-14/h3-10,12H,11H2,1-2H3,(H,20,22)/p+1/t12-/m0/s1. The number of quaternary nitrogens is 1. The van der Waals surface area contributed by atoms with Crippen molar-refractivity contribution >= 4 is 23.2 Å². The Morgan fingerprint density at radius 2 is 2.00 bits per heavy atom. The molecular formula is C17H19ClFN2O+. The number of nitrogens with one attached hydrogen (secondary N) is 2. The molecule has 22 heavy (non-hydrogen) atoms.